The van der Waals surface area contributed by atoms with E-state index in [1.807, 2.05) is 12.1 Å². The summed E-state index contributed by atoms with van der Waals surface area (Å²) in [7, 11) is 0. The van der Waals surface area contributed by atoms with Crippen LogP contribution in [0.15, 0.2) is 22.7 Å². The van der Waals surface area contributed by atoms with Crippen LogP contribution in [-0.2, 0) is 0 Å². The van der Waals surface area contributed by atoms with Crippen molar-refractivity contribution >= 4 is 21.6 Å². The SMILES string of the molecule is CC(O)[C@@H](N)c1cc(Br)ccc1N. The molecule has 0 radical (unpaired) electrons. The van der Waals surface area contributed by atoms with Crippen LogP contribution >= 0.6 is 15.9 Å². The molecule has 4 heteroatoms. The maximum absolute atomic E-state index is 9.29. The zero-order valence-electron chi connectivity index (χ0n) is 7.37. The van der Waals surface area contributed by atoms with Gasteiger partial charge in [-0.1, -0.05) is 15.9 Å². The molecule has 1 aromatic rings. The second kappa shape index (κ2) is 4.09. The molecule has 13 heavy (non-hydrogen) atoms. The summed E-state index contributed by atoms with van der Waals surface area (Å²) in [5.74, 6) is 0. The van der Waals surface area contributed by atoms with Crippen LogP contribution < -0.4 is 11.5 Å². The molecule has 0 amide bonds. The molecule has 0 aromatic heterocycles. The number of nitrogens with two attached hydrogens (primary N) is 2. The Bertz CT molecular complexity index is 302. The van der Waals surface area contributed by atoms with Crippen molar-refractivity contribution in [2.75, 3.05) is 5.73 Å². The lowest BCUT2D eigenvalue weighted by atomic mass is 10.0. The minimum absolute atomic E-state index is 0.433. The van der Waals surface area contributed by atoms with E-state index in [0.717, 1.165) is 10.0 Å². The van der Waals surface area contributed by atoms with Gasteiger partial charge in [0.15, 0.2) is 0 Å². The lowest BCUT2D eigenvalue weighted by Crippen LogP contribution is -2.24. The normalized spacial score (nSPS) is 15.4. The molecule has 0 heterocycles. The smallest absolute Gasteiger partial charge is 0.0705 e. The zero-order valence-corrected chi connectivity index (χ0v) is 8.95. The van der Waals surface area contributed by atoms with E-state index in [9.17, 15) is 5.11 Å². The molecular weight excluding hydrogens is 232 g/mol. The van der Waals surface area contributed by atoms with Gasteiger partial charge in [0.2, 0.25) is 0 Å². The summed E-state index contributed by atoms with van der Waals surface area (Å²) in [5, 5.41) is 9.29. The van der Waals surface area contributed by atoms with Gasteiger partial charge in [-0.05, 0) is 30.7 Å². The highest BCUT2D eigenvalue weighted by atomic mass is 79.9. The predicted molar refractivity (Wildman–Crippen MR) is 57.2 cm³/mol. The van der Waals surface area contributed by atoms with Gasteiger partial charge in [0.25, 0.3) is 0 Å². The summed E-state index contributed by atoms with van der Waals surface area (Å²) in [6.45, 7) is 1.64. The zero-order chi connectivity index (χ0) is 10.0. The lowest BCUT2D eigenvalue weighted by molar-refractivity contribution is 0.164. The molecule has 0 bridgehead atoms. The molecule has 1 unspecified atom stereocenters. The Kier molecular flexibility index (Phi) is 3.30. The van der Waals surface area contributed by atoms with Crippen molar-refractivity contribution in [2.24, 2.45) is 5.73 Å². The standard InChI is InChI=1S/C9H13BrN2O/c1-5(13)9(12)7-4-6(10)2-3-8(7)11/h2-5,9,13H,11-12H2,1H3/t5?,9-/m1/s1. The summed E-state index contributed by atoms with van der Waals surface area (Å²) < 4.78 is 0.910. The Balaban J connectivity index is 3.05. The summed E-state index contributed by atoms with van der Waals surface area (Å²) in [5.41, 5.74) is 12.8. The molecule has 0 spiro atoms. The summed E-state index contributed by atoms with van der Waals surface area (Å²) >= 11 is 3.32. The van der Waals surface area contributed by atoms with Gasteiger partial charge in [-0.15, -0.1) is 0 Å². The Morgan fingerprint density at radius 3 is 2.62 bits per heavy atom. The van der Waals surface area contributed by atoms with Crippen LogP contribution in [0.4, 0.5) is 5.69 Å². The molecule has 0 saturated heterocycles. The van der Waals surface area contributed by atoms with Crippen LogP contribution in [0.2, 0.25) is 0 Å². The second-order valence-corrected chi connectivity index (χ2v) is 3.96. The van der Waals surface area contributed by atoms with Crippen molar-refractivity contribution in [3.05, 3.63) is 28.2 Å². The Labute approximate surface area is 85.9 Å². The maximum Gasteiger partial charge on any atom is 0.0705 e. The first-order chi connectivity index (χ1) is 6.02. The monoisotopic (exact) mass is 244 g/mol. The van der Waals surface area contributed by atoms with E-state index in [1.165, 1.54) is 0 Å². The van der Waals surface area contributed by atoms with Gasteiger partial charge in [0, 0.05) is 10.2 Å². The van der Waals surface area contributed by atoms with Crippen molar-refractivity contribution in [3.63, 3.8) is 0 Å². The summed E-state index contributed by atoms with van der Waals surface area (Å²) in [6, 6.07) is 5.00. The number of halogens is 1. The summed E-state index contributed by atoms with van der Waals surface area (Å²) in [4.78, 5) is 0. The molecule has 5 N–H and O–H groups in total. The Morgan fingerprint density at radius 1 is 1.46 bits per heavy atom. The topological polar surface area (TPSA) is 72.3 Å². The first-order valence-electron chi connectivity index (χ1n) is 4.01. The fraction of sp³-hybridized carbons (Fsp3) is 0.333. The van der Waals surface area contributed by atoms with Crippen molar-refractivity contribution in [1.82, 2.24) is 0 Å². The number of hydrogen-bond acceptors (Lipinski definition) is 3. The molecule has 0 fully saturated rings. The third-order valence-corrected chi connectivity index (χ3v) is 2.42. The van der Waals surface area contributed by atoms with Crippen LogP contribution in [-0.4, -0.2) is 11.2 Å². The summed E-state index contributed by atoms with van der Waals surface area (Å²) in [6.07, 6.45) is -0.600. The average Bonchev–Trinajstić information content (AvgIpc) is 2.08. The fourth-order valence-electron chi connectivity index (χ4n) is 1.09. The predicted octanol–water partition coefficient (Wildman–Crippen LogP) is 1.41. The number of aliphatic hydroxyl groups excluding tert-OH is 1. The van der Waals surface area contributed by atoms with Crippen molar-refractivity contribution in [1.29, 1.82) is 0 Å². The highest BCUT2D eigenvalue weighted by Gasteiger charge is 2.14. The third-order valence-electron chi connectivity index (χ3n) is 1.93. The second-order valence-electron chi connectivity index (χ2n) is 3.04. The number of anilines is 1. The van der Waals surface area contributed by atoms with Crippen LogP contribution in [0.3, 0.4) is 0 Å². The van der Waals surface area contributed by atoms with Crippen LogP contribution in [0.1, 0.15) is 18.5 Å². The molecule has 72 valence electrons. The third kappa shape index (κ3) is 2.43. The molecule has 2 atom stereocenters. The van der Waals surface area contributed by atoms with E-state index in [4.69, 9.17) is 11.5 Å². The molecule has 1 rings (SSSR count). The Hall–Kier alpha value is -0.580. The van der Waals surface area contributed by atoms with E-state index >= 15 is 0 Å². The number of hydrogen-bond donors (Lipinski definition) is 3. The van der Waals surface area contributed by atoms with Gasteiger partial charge in [-0.25, -0.2) is 0 Å². The average molecular weight is 245 g/mol. The number of nitrogen functional groups attached to an aromatic ring is 1. The molecular formula is C9H13BrN2O. The van der Waals surface area contributed by atoms with Gasteiger partial charge in [-0.3, -0.25) is 0 Å². The minimum atomic E-state index is -0.600. The Morgan fingerprint density at radius 2 is 2.08 bits per heavy atom. The van der Waals surface area contributed by atoms with Gasteiger partial charge in [0.05, 0.1) is 12.1 Å². The van der Waals surface area contributed by atoms with Crippen LogP contribution in [0.5, 0.6) is 0 Å². The molecule has 0 aliphatic carbocycles. The van der Waals surface area contributed by atoms with E-state index in [-0.39, 0.29) is 0 Å². The highest BCUT2D eigenvalue weighted by Crippen LogP contribution is 2.24. The van der Waals surface area contributed by atoms with Gasteiger partial charge >= 0.3 is 0 Å². The van der Waals surface area contributed by atoms with Crippen LogP contribution in [0.25, 0.3) is 0 Å². The molecule has 0 aliphatic rings. The molecule has 1 aromatic carbocycles. The van der Waals surface area contributed by atoms with E-state index in [2.05, 4.69) is 15.9 Å². The van der Waals surface area contributed by atoms with Gasteiger partial charge < -0.3 is 16.6 Å². The maximum atomic E-state index is 9.29. The van der Waals surface area contributed by atoms with Gasteiger partial charge in [-0.2, -0.15) is 0 Å². The van der Waals surface area contributed by atoms with E-state index in [0.29, 0.717) is 5.69 Å². The van der Waals surface area contributed by atoms with Crippen molar-refractivity contribution in [3.8, 4) is 0 Å². The first-order valence-corrected chi connectivity index (χ1v) is 4.80. The quantitative estimate of drug-likeness (QED) is 0.690. The van der Waals surface area contributed by atoms with Crippen LogP contribution in [0, 0.1) is 0 Å². The number of aliphatic hydroxyl groups is 1. The largest absolute Gasteiger partial charge is 0.398 e. The molecule has 3 nitrogen and oxygen atoms in total. The van der Waals surface area contributed by atoms with Gasteiger partial charge in [0.1, 0.15) is 0 Å². The van der Waals surface area contributed by atoms with E-state index in [1.54, 1.807) is 13.0 Å². The molecule has 0 saturated carbocycles. The minimum Gasteiger partial charge on any atom is -0.398 e. The molecule has 0 aliphatic heterocycles. The fourth-order valence-corrected chi connectivity index (χ4v) is 1.47. The first kappa shape index (κ1) is 10.5. The number of benzene rings is 1. The van der Waals surface area contributed by atoms with Crippen molar-refractivity contribution < 1.29 is 5.11 Å². The van der Waals surface area contributed by atoms with E-state index < -0.39 is 12.1 Å². The lowest BCUT2D eigenvalue weighted by Gasteiger charge is -2.17. The number of rotatable bonds is 2. The highest BCUT2D eigenvalue weighted by molar-refractivity contribution is 9.10. The van der Waals surface area contributed by atoms with Crippen molar-refractivity contribution in [2.45, 2.75) is 19.1 Å².